The molecule has 0 bridgehead atoms. The molecule has 0 saturated heterocycles. The van der Waals surface area contributed by atoms with E-state index in [1.54, 1.807) is 37.6 Å². The maximum Gasteiger partial charge on any atom is 0.404 e. The van der Waals surface area contributed by atoms with Gasteiger partial charge in [-0.1, -0.05) is 6.07 Å². The highest BCUT2D eigenvalue weighted by atomic mass is 19.1. The van der Waals surface area contributed by atoms with Gasteiger partial charge in [0.15, 0.2) is 5.58 Å². The Morgan fingerprint density at radius 1 is 1.34 bits per heavy atom. The lowest BCUT2D eigenvalue weighted by Gasteiger charge is -2.08. The summed E-state index contributed by atoms with van der Waals surface area (Å²) in [6.45, 7) is 0.199. The van der Waals surface area contributed by atoms with E-state index in [-0.39, 0.29) is 18.7 Å². The largest absolute Gasteiger partial charge is 0.489 e. The maximum absolute atomic E-state index is 12.8. The first-order valence-electron chi connectivity index (χ1n) is 8.58. The zero-order chi connectivity index (χ0) is 20.6. The van der Waals surface area contributed by atoms with Gasteiger partial charge in [-0.3, -0.25) is 0 Å². The number of methoxy groups -OCH3 is 1. The van der Waals surface area contributed by atoms with Gasteiger partial charge < -0.3 is 29.6 Å². The van der Waals surface area contributed by atoms with Crippen LogP contribution in [0.4, 0.5) is 15.2 Å². The Hall–Kier alpha value is -3.82. The van der Waals surface area contributed by atoms with E-state index in [4.69, 9.17) is 19.0 Å². The summed E-state index contributed by atoms with van der Waals surface area (Å²) in [6.07, 6.45) is 0.770. The number of benzene rings is 1. The molecule has 1 aromatic carbocycles. The van der Waals surface area contributed by atoms with E-state index < -0.39 is 6.09 Å². The van der Waals surface area contributed by atoms with Crippen LogP contribution in [0.25, 0.3) is 11.1 Å². The molecular formula is C19H19FN4O5. The summed E-state index contributed by atoms with van der Waals surface area (Å²) in [5.41, 5.74) is 2.20. The number of halogens is 1. The minimum Gasteiger partial charge on any atom is -0.489 e. The van der Waals surface area contributed by atoms with Gasteiger partial charge in [-0.05, 0) is 17.7 Å². The summed E-state index contributed by atoms with van der Waals surface area (Å²) in [5, 5.41) is 13.7. The molecule has 0 spiro atoms. The van der Waals surface area contributed by atoms with Crippen LogP contribution in [0.5, 0.6) is 11.6 Å². The number of carboxylic acid groups (broad SMARTS) is 1. The normalized spacial score (nSPS) is 11.3. The molecule has 1 amide bonds. The average molecular weight is 402 g/mol. The molecule has 0 aliphatic heterocycles. The van der Waals surface area contributed by atoms with Gasteiger partial charge in [-0.15, -0.1) is 0 Å². The molecule has 2 heterocycles. The summed E-state index contributed by atoms with van der Waals surface area (Å²) in [5.74, 6) is 0.974. The van der Waals surface area contributed by atoms with Crippen LogP contribution in [0.15, 0.2) is 52.8 Å². The average Bonchev–Trinajstić information content (AvgIpc) is 3.14. The Morgan fingerprint density at radius 3 is 2.90 bits per heavy atom. The van der Waals surface area contributed by atoms with Gasteiger partial charge in [0.25, 0.3) is 6.01 Å². The molecule has 0 fully saturated rings. The fourth-order valence-corrected chi connectivity index (χ4v) is 2.37. The number of carbonyl (C=O) groups is 1. The van der Waals surface area contributed by atoms with E-state index in [2.05, 4.69) is 20.6 Å². The summed E-state index contributed by atoms with van der Waals surface area (Å²) in [4.78, 5) is 18.9. The van der Waals surface area contributed by atoms with Crippen molar-refractivity contribution in [3.8, 4) is 11.6 Å². The summed E-state index contributed by atoms with van der Waals surface area (Å²) in [7, 11) is 1.55. The number of amides is 1. The molecule has 9 nitrogen and oxygen atoms in total. The van der Waals surface area contributed by atoms with Gasteiger partial charge in [0.2, 0.25) is 5.88 Å². The minimum absolute atomic E-state index is 0.105. The Balaban J connectivity index is 1.59. The predicted molar refractivity (Wildman–Crippen MR) is 103 cm³/mol. The number of aromatic nitrogens is 2. The number of pyridine rings is 1. The first kappa shape index (κ1) is 19.9. The standard InChI is InChI=1S/C19H19FN4O5/c1-27-17-5-2-12(8-21-17)9-22-18-24-15-4-3-14(6-16(15)29-18)28-11-13(7-20)10-23-19(25)26/h2-8,23H,9-11H2,1H3,(H,22,24)(H,25,26). The number of hydrogen-bond donors (Lipinski definition) is 3. The van der Waals surface area contributed by atoms with Gasteiger partial charge in [0.05, 0.1) is 13.4 Å². The van der Waals surface area contributed by atoms with E-state index >= 15 is 0 Å². The van der Waals surface area contributed by atoms with Gasteiger partial charge in [0.1, 0.15) is 17.9 Å². The van der Waals surface area contributed by atoms with Crippen molar-refractivity contribution in [1.29, 1.82) is 0 Å². The third-order valence-electron chi connectivity index (χ3n) is 3.86. The van der Waals surface area contributed by atoms with Crippen molar-refractivity contribution in [3.63, 3.8) is 0 Å². The lowest BCUT2D eigenvalue weighted by molar-refractivity contribution is 0.195. The minimum atomic E-state index is -1.24. The topological polar surface area (TPSA) is 119 Å². The van der Waals surface area contributed by atoms with Crippen LogP contribution in [-0.2, 0) is 6.54 Å². The highest BCUT2D eigenvalue weighted by Gasteiger charge is 2.08. The van der Waals surface area contributed by atoms with E-state index in [0.29, 0.717) is 41.6 Å². The number of oxazole rings is 1. The van der Waals surface area contributed by atoms with E-state index in [0.717, 1.165) is 5.56 Å². The second kappa shape index (κ2) is 9.40. The Kier molecular flexibility index (Phi) is 6.46. The van der Waals surface area contributed by atoms with Crippen molar-refractivity contribution < 1.29 is 28.2 Å². The lowest BCUT2D eigenvalue weighted by atomic mass is 10.3. The Bertz CT molecular complexity index is 1000. The molecule has 0 aliphatic rings. The number of rotatable bonds is 9. The second-order valence-corrected chi connectivity index (χ2v) is 5.93. The zero-order valence-corrected chi connectivity index (χ0v) is 15.5. The van der Waals surface area contributed by atoms with E-state index in [1.807, 2.05) is 6.07 Å². The summed E-state index contributed by atoms with van der Waals surface area (Å²) in [6, 6.07) is 8.98. The number of anilines is 1. The van der Waals surface area contributed by atoms with Crippen LogP contribution < -0.4 is 20.1 Å². The van der Waals surface area contributed by atoms with Crippen molar-refractivity contribution in [2.24, 2.45) is 0 Å². The lowest BCUT2D eigenvalue weighted by Crippen LogP contribution is -2.25. The van der Waals surface area contributed by atoms with Crippen LogP contribution in [0.2, 0.25) is 0 Å². The molecule has 29 heavy (non-hydrogen) atoms. The number of fused-ring (bicyclic) bond motifs is 1. The van der Waals surface area contributed by atoms with Crippen molar-refractivity contribution in [2.75, 3.05) is 25.6 Å². The molecule has 0 aliphatic carbocycles. The molecule has 0 saturated carbocycles. The van der Waals surface area contributed by atoms with Crippen LogP contribution in [-0.4, -0.2) is 41.4 Å². The highest BCUT2D eigenvalue weighted by Crippen LogP contribution is 2.24. The molecule has 152 valence electrons. The Labute approximate surface area is 165 Å². The van der Waals surface area contributed by atoms with Gasteiger partial charge in [-0.2, -0.15) is 4.98 Å². The Morgan fingerprint density at radius 2 is 2.21 bits per heavy atom. The molecule has 3 aromatic rings. The fraction of sp³-hybridized carbons (Fsp3) is 0.211. The molecule has 0 radical (unpaired) electrons. The van der Waals surface area contributed by atoms with E-state index in [9.17, 15) is 9.18 Å². The van der Waals surface area contributed by atoms with Crippen LogP contribution >= 0.6 is 0 Å². The quantitative estimate of drug-likeness (QED) is 0.499. The molecule has 2 aromatic heterocycles. The number of hydrogen-bond acceptors (Lipinski definition) is 7. The van der Waals surface area contributed by atoms with Crippen LogP contribution in [0, 0.1) is 0 Å². The number of nitrogens with one attached hydrogen (secondary N) is 2. The first-order valence-corrected chi connectivity index (χ1v) is 8.58. The third kappa shape index (κ3) is 5.58. The van der Waals surface area contributed by atoms with Crippen LogP contribution in [0.1, 0.15) is 5.56 Å². The third-order valence-corrected chi connectivity index (χ3v) is 3.86. The predicted octanol–water partition coefficient (Wildman–Crippen LogP) is 3.34. The van der Waals surface area contributed by atoms with Crippen LogP contribution in [0.3, 0.4) is 0 Å². The zero-order valence-electron chi connectivity index (χ0n) is 15.5. The smallest absolute Gasteiger partial charge is 0.404 e. The summed E-state index contributed by atoms with van der Waals surface area (Å²) >= 11 is 0. The number of nitrogens with zero attached hydrogens (tertiary/aromatic N) is 2. The van der Waals surface area contributed by atoms with Crippen molar-refractivity contribution in [1.82, 2.24) is 15.3 Å². The SMILES string of the molecule is COc1ccc(CNc2nc3ccc(OCC(=CF)CNC(=O)O)cc3o2)cn1. The first-order chi connectivity index (χ1) is 14.1. The summed E-state index contributed by atoms with van der Waals surface area (Å²) < 4.78 is 29.0. The molecule has 10 heteroatoms. The van der Waals surface area contributed by atoms with Crippen molar-refractivity contribution in [3.05, 3.63) is 54.0 Å². The van der Waals surface area contributed by atoms with Crippen molar-refractivity contribution >= 4 is 23.2 Å². The van der Waals surface area contributed by atoms with Gasteiger partial charge >= 0.3 is 6.09 Å². The van der Waals surface area contributed by atoms with Gasteiger partial charge in [-0.25, -0.2) is 14.2 Å². The molecule has 0 unspecified atom stereocenters. The molecule has 3 rings (SSSR count). The monoisotopic (exact) mass is 402 g/mol. The highest BCUT2D eigenvalue weighted by molar-refractivity contribution is 5.76. The molecule has 0 atom stereocenters. The van der Waals surface area contributed by atoms with Gasteiger partial charge in [0, 0.05) is 37.0 Å². The molecular weight excluding hydrogens is 383 g/mol. The maximum atomic E-state index is 12.8. The number of ether oxygens (including phenoxy) is 2. The van der Waals surface area contributed by atoms with E-state index in [1.165, 1.54) is 0 Å². The second-order valence-electron chi connectivity index (χ2n) is 5.93. The fourth-order valence-electron chi connectivity index (χ4n) is 2.37. The molecule has 3 N–H and O–H groups in total. The van der Waals surface area contributed by atoms with Crippen molar-refractivity contribution in [2.45, 2.75) is 6.54 Å².